The summed E-state index contributed by atoms with van der Waals surface area (Å²) in [6.45, 7) is 0. The second kappa shape index (κ2) is 7.53. The molecule has 1 saturated carbocycles. The molecule has 24 heavy (non-hydrogen) atoms. The SMILES string of the molecule is COc1cc(Nc2nncc(NC3CCCC3)n2)c(OC)cc1Cl. The smallest absolute Gasteiger partial charge is 0.249 e. The van der Waals surface area contributed by atoms with Crippen LogP contribution in [0.4, 0.5) is 17.5 Å². The molecule has 1 aliphatic carbocycles. The van der Waals surface area contributed by atoms with Crippen LogP contribution in [0.1, 0.15) is 25.7 Å². The predicted octanol–water partition coefficient (Wildman–Crippen LogP) is 3.64. The van der Waals surface area contributed by atoms with Gasteiger partial charge in [0.2, 0.25) is 5.95 Å². The van der Waals surface area contributed by atoms with Gasteiger partial charge in [0.25, 0.3) is 0 Å². The highest BCUT2D eigenvalue weighted by molar-refractivity contribution is 6.32. The summed E-state index contributed by atoms with van der Waals surface area (Å²) in [5, 5.41) is 15.0. The van der Waals surface area contributed by atoms with Crippen LogP contribution in [0.15, 0.2) is 18.3 Å². The van der Waals surface area contributed by atoms with E-state index in [1.54, 1.807) is 32.5 Å². The normalized spacial score (nSPS) is 14.5. The Morgan fingerprint density at radius 3 is 2.58 bits per heavy atom. The third kappa shape index (κ3) is 3.79. The molecule has 3 rings (SSSR count). The minimum atomic E-state index is 0.376. The van der Waals surface area contributed by atoms with Crippen LogP contribution in [-0.2, 0) is 0 Å². The summed E-state index contributed by atoms with van der Waals surface area (Å²) >= 11 is 6.12. The van der Waals surface area contributed by atoms with E-state index in [9.17, 15) is 0 Å². The molecule has 0 radical (unpaired) electrons. The highest BCUT2D eigenvalue weighted by Gasteiger charge is 2.16. The van der Waals surface area contributed by atoms with Crippen molar-refractivity contribution in [2.75, 3.05) is 24.9 Å². The van der Waals surface area contributed by atoms with Crippen molar-refractivity contribution in [2.24, 2.45) is 0 Å². The van der Waals surface area contributed by atoms with Crippen molar-refractivity contribution in [1.29, 1.82) is 0 Å². The minimum absolute atomic E-state index is 0.376. The fraction of sp³-hybridized carbons (Fsp3) is 0.438. The third-order valence-corrected chi connectivity index (χ3v) is 4.28. The molecule has 2 aromatic rings. The summed E-state index contributed by atoms with van der Waals surface area (Å²) in [5.41, 5.74) is 0.651. The van der Waals surface area contributed by atoms with Crippen LogP contribution in [0.3, 0.4) is 0 Å². The Morgan fingerprint density at radius 1 is 1.12 bits per heavy atom. The van der Waals surface area contributed by atoms with Crippen LogP contribution in [0.25, 0.3) is 0 Å². The van der Waals surface area contributed by atoms with Crippen LogP contribution in [-0.4, -0.2) is 35.4 Å². The summed E-state index contributed by atoms with van der Waals surface area (Å²) in [6.07, 6.45) is 6.46. The molecule has 7 nitrogen and oxygen atoms in total. The zero-order valence-corrected chi connectivity index (χ0v) is 14.4. The average Bonchev–Trinajstić information content (AvgIpc) is 3.09. The van der Waals surface area contributed by atoms with Gasteiger partial charge in [0.15, 0.2) is 5.82 Å². The summed E-state index contributed by atoms with van der Waals surface area (Å²) in [7, 11) is 3.13. The number of halogens is 1. The van der Waals surface area contributed by atoms with Crippen LogP contribution < -0.4 is 20.1 Å². The third-order valence-electron chi connectivity index (χ3n) is 3.99. The first-order valence-corrected chi connectivity index (χ1v) is 8.22. The molecule has 0 unspecified atom stereocenters. The lowest BCUT2D eigenvalue weighted by Gasteiger charge is -2.14. The predicted molar refractivity (Wildman–Crippen MR) is 93.5 cm³/mol. The second-order valence-corrected chi connectivity index (χ2v) is 6.01. The Balaban J connectivity index is 1.80. The number of anilines is 3. The van der Waals surface area contributed by atoms with E-state index in [2.05, 4.69) is 25.8 Å². The molecular formula is C16H20ClN5O2. The number of benzene rings is 1. The van der Waals surface area contributed by atoms with Crippen molar-refractivity contribution in [3.63, 3.8) is 0 Å². The van der Waals surface area contributed by atoms with Gasteiger partial charge in [0.05, 0.1) is 31.1 Å². The Morgan fingerprint density at radius 2 is 1.88 bits per heavy atom. The molecular weight excluding hydrogens is 330 g/mol. The Labute approximate surface area is 145 Å². The summed E-state index contributed by atoms with van der Waals surface area (Å²) < 4.78 is 10.6. The molecule has 2 N–H and O–H groups in total. The number of aromatic nitrogens is 3. The topological polar surface area (TPSA) is 81.2 Å². The van der Waals surface area contributed by atoms with E-state index in [4.69, 9.17) is 21.1 Å². The average molecular weight is 350 g/mol. The standard InChI is InChI=1S/C16H20ClN5O2/c1-23-13-8-12(14(24-2)7-11(13)17)20-16-21-15(9-18-22-16)19-10-5-3-4-6-10/h7-10H,3-6H2,1-2H3,(H2,19,20,21,22). The molecule has 1 aliphatic rings. The van der Waals surface area contributed by atoms with Gasteiger partial charge >= 0.3 is 0 Å². The van der Waals surface area contributed by atoms with E-state index < -0.39 is 0 Å². The molecule has 0 bridgehead atoms. The van der Waals surface area contributed by atoms with Gasteiger partial charge in [-0.3, -0.25) is 0 Å². The maximum Gasteiger partial charge on any atom is 0.249 e. The van der Waals surface area contributed by atoms with Gasteiger partial charge in [-0.1, -0.05) is 24.4 Å². The molecule has 0 atom stereocenters. The van der Waals surface area contributed by atoms with Gasteiger partial charge in [0.1, 0.15) is 11.5 Å². The number of methoxy groups -OCH3 is 2. The van der Waals surface area contributed by atoms with Crippen LogP contribution in [0, 0.1) is 0 Å². The van der Waals surface area contributed by atoms with E-state index in [0.717, 1.165) is 12.8 Å². The van der Waals surface area contributed by atoms with Crippen molar-refractivity contribution in [3.8, 4) is 11.5 Å². The van der Waals surface area contributed by atoms with Gasteiger partial charge in [0, 0.05) is 18.2 Å². The minimum Gasteiger partial charge on any atom is -0.495 e. The van der Waals surface area contributed by atoms with Crippen molar-refractivity contribution in [2.45, 2.75) is 31.7 Å². The van der Waals surface area contributed by atoms with Gasteiger partial charge in [-0.2, -0.15) is 10.1 Å². The Hall–Kier alpha value is -2.28. The van der Waals surface area contributed by atoms with Gasteiger partial charge in [-0.05, 0) is 12.8 Å². The lowest BCUT2D eigenvalue weighted by molar-refractivity contribution is 0.405. The van der Waals surface area contributed by atoms with E-state index in [1.165, 1.54) is 12.8 Å². The van der Waals surface area contributed by atoms with Gasteiger partial charge < -0.3 is 20.1 Å². The molecule has 1 fully saturated rings. The fourth-order valence-electron chi connectivity index (χ4n) is 2.78. The fourth-order valence-corrected chi connectivity index (χ4v) is 3.01. The van der Waals surface area contributed by atoms with E-state index in [0.29, 0.717) is 40.0 Å². The van der Waals surface area contributed by atoms with Crippen LogP contribution >= 0.6 is 11.6 Å². The van der Waals surface area contributed by atoms with E-state index >= 15 is 0 Å². The number of nitrogens with zero attached hydrogens (tertiary/aromatic N) is 3. The monoisotopic (exact) mass is 349 g/mol. The molecule has 1 aromatic heterocycles. The number of rotatable bonds is 6. The first-order valence-electron chi connectivity index (χ1n) is 7.84. The molecule has 0 saturated heterocycles. The van der Waals surface area contributed by atoms with E-state index in [-0.39, 0.29) is 0 Å². The zero-order valence-electron chi connectivity index (χ0n) is 13.7. The maximum atomic E-state index is 6.12. The maximum absolute atomic E-state index is 6.12. The lowest BCUT2D eigenvalue weighted by Crippen LogP contribution is -2.16. The summed E-state index contributed by atoms with van der Waals surface area (Å²) in [4.78, 5) is 4.46. The van der Waals surface area contributed by atoms with Gasteiger partial charge in [-0.15, -0.1) is 5.10 Å². The number of nitrogens with one attached hydrogen (secondary N) is 2. The van der Waals surface area contributed by atoms with Crippen molar-refractivity contribution >= 4 is 29.1 Å². The largest absolute Gasteiger partial charge is 0.495 e. The van der Waals surface area contributed by atoms with Crippen molar-refractivity contribution in [3.05, 3.63) is 23.4 Å². The highest BCUT2D eigenvalue weighted by Crippen LogP contribution is 2.36. The molecule has 1 aromatic carbocycles. The molecule has 8 heteroatoms. The van der Waals surface area contributed by atoms with Crippen LogP contribution in [0.2, 0.25) is 5.02 Å². The number of ether oxygens (including phenoxy) is 2. The Bertz CT molecular complexity index is 707. The molecule has 1 heterocycles. The summed E-state index contributed by atoms with van der Waals surface area (Å²) in [6, 6.07) is 3.87. The Kier molecular flexibility index (Phi) is 5.20. The lowest BCUT2D eigenvalue weighted by atomic mass is 10.2. The van der Waals surface area contributed by atoms with Crippen LogP contribution in [0.5, 0.6) is 11.5 Å². The second-order valence-electron chi connectivity index (χ2n) is 5.60. The first kappa shape index (κ1) is 16.6. The van der Waals surface area contributed by atoms with E-state index in [1.807, 2.05) is 0 Å². The summed E-state index contributed by atoms with van der Waals surface area (Å²) in [5.74, 6) is 2.19. The van der Waals surface area contributed by atoms with Gasteiger partial charge in [-0.25, -0.2) is 0 Å². The first-order chi connectivity index (χ1) is 11.7. The quantitative estimate of drug-likeness (QED) is 0.823. The van der Waals surface area contributed by atoms with Crippen molar-refractivity contribution < 1.29 is 9.47 Å². The number of hydrogen-bond acceptors (Lipinski definition) is 7. The highest BCUT2D eigenvalue weighted by atomic mass is 35.5. The molecule has 128 valence electrons. The molecule has 0 amide bonds. The number of hydrogen-bond donors (Lipinski definition) is 2. The van der Waals surface area contributed by atoms with Crippen molar-refractivity contribution in [1.82, 2.24) is 15.2 Å². The molecule has 0 aliphatic heterocycles. The zero-order chi connectivity index (χ0) is 16.9. The molecule has 0 spiro atoms.